The molecule has 3 aromatic rings. The normalized spacial score (nSPS) is 14.1. The molecule has 2 heterocycles. The van der Waals surface area contributed by atoms with E-state index in [1.165, 1.54) is 44.2 Å². The average molecular weight is 547 g/mol. The molecule has 9 heteroatoms. The van der Waals surface area contributed by atoms with Crippen LogP contribution in [0.5, 0.6) is 0 Å². The van der Waals surface area contributed by atoms with Gasteiger partial charge in [0.15, 0.2) is 5.78 Å². The predicted molar refractivity (Wildman–Crippen MR) is 157 cm³/mol. The van der Waals surface area contributed by atoms with Gasteiger partial charge in [-0.25, -0.2) is 4.39 Å². The van der Waals surface area contributed by atoms with E-state index in [0.717, 1.165) is 13.0 Å². The molecule has 0 unspecified atom stereocenters. The van der Waals surface area contributed by atoms with Crippen molar-refractivity contribution in [3.63, 3.8) is 0 Å². The van der Waals surface area contributed by atoms with Gasteiger partial charge >= 0.3 is 0 Å². The lowest BCUT2D eigenvalue weighted by Gasteiger charge is -2.35. The van der Waals surface area contributed by atoms with Crippen molar-refractivity contribution in [1.82, 2.24) is 19.9 Å². The van der Waals surface area contributed by atoms with Crippen molar-refractivity contribution in [3.05, 3.63) is 77.9 Å². The van der Waals surface area contributed by atoms with Crippen LogP contribution in [0.2, 0.25) is 0 Å². The van der Waals surface area contributed by atoms with E-state index in [-0.39, 0.29) is 24.1 Å². The molecule has 1 saturated heterocycles. The van der Waals surface area contributed by atoms with Gasteiger partial charge in [0, 0.05) is 44.0 Å². The minimum Gasteiger partial charge on any atom is -0.367 e. The van der Waals surface area contributed by atoms with E-state index in [9.17, 15) is 14.0 Å². The summed E-state index contributed by atoms with van der Waals surface area (Å²) < 4.78 is 15.9. The third kappa shape index (κ3) is 8.84. The number of nitrogens with zero attached hydrogens (tertiary/aromatic N) is 5. The molecule has 1 aliphatic heterocycles. The number of hydrogen-bond acceptors (Lipinski definition) is 6. The zero-order valence-electron chi connectivity index (χ0n) is 23.3. The van der Waals surface area contributed by atoms with Crippen molar-refractivity contribution in [3.8, 4) is 0 Å². The number of nitrogens with one attached hydrogen (secondary N) is 1. The Hall–Kier alpha value is -3.85. The number of ketones is 1. The Morgan fingerprint density at radius 1 is 0.950 bits per heavy atom. The number of allylic oxidation sites excluding steroid dienone is 1. The summed E-state index contributed by atoms with van der Waals surface area (Å²) in [5.41, 5.74) is 2.41. The molecule has 1 aromatic heterocycles. The number of aryl methyl sites for hydroxylation is 1. The quantitative estimate of drug-likeness (QED) is 0.165. The largest absolute Gasteiger partial charge is 0.367 e. The molecule has 1 N–H and O–H groups in total. The van der Waals surface area contributed by atoms with Crippen LogP contribution in [0.25, 0.3) is 6.08 Å². The van der Waals surface area contributed by atoms with Crippen molar-refractivity contribution in [2.24, 2.45) is 0 Å². The van der Waals surface area contributed by atoms with Gasteiger partial charge in [-0.15, -0.1) is 5.10 Å². The molecule has 8 nitrogen and oxygen atoms in total. The van der Waals surface area contributed by atoms with Crippen LogP contribution in [0.3, 0.4) is 0 Å². The minimum absolute atomic E-state index is 0.123. The summed E-state index contributed by atoms with van der Waals surface area (Å²) in [6, 6.07) is 13.6. The molecule has 212 valence electrons. The molecule has 1 amide bonds. The van der Waals surface area contributed by atoms with Gasteiger partial charge in [0.2, 0.25) is 5.91 Å². The lowest BCUT2D eigenvalue weighted by atomic mass is 10.1. The number of unbranched alkanes of at least 4 members (excludes halogenated alkanes) is 5. The molecule has 0 radical (unpaired) electrons. The minimum atomic E-state index is -0.224. The fourth-order valence-corrected chi connectivity index (χ4v) is 4.79. The van der Waals surface area contributed by atoms with Crippen LogP contribution in [0, 0.1) is 5.82 Å². The zero-order valence-corrected chi connectivity index (χ0v) is 23.3. The Morgan fingerprint density at radius 3 is 2.42 bits per heavy atom. The highest BCUT2D eigenvalue weighted by Gasteiger charge is 2.21. The van der Waals surface area contributed by atoms with Gasteiger partial charge in [0.05, 0.1) is 18.4 Å². The van der Waals surface area contributed by atoms with E-state index >= 15 is 0 Å². The number of hydrogen-bond donors (Lipinski definition) is 1. The Morgan fingerprint density at radius 2 is 1.68 bits per heavy atom. The topological polar surface area (TPSA) is 83.4 Å². The summed E-state index contributed by atoms with van der Waals surface area (Å²) in [5.74, 6) is -0.490. The first-order valence-corrected chi connectivity index (χ1v) is 14.3. The van der Waals surface area contributed by atoms with Crippen LogP contribution in [0.15, 0.2) is 60.8 Å². The highest BCUT2D eigenvalue weighted by molar-refractivity contribution is 6.07. The maximum Gasteiger partial charge on any atom is 0.238 e. The number of halogens is 1. The van der Waals surface area contributed by atoms with Crippen LogP contribution in [0.4, 0.5) is 15.8 Å². The van der Waals surface area contributed by atoms with E-state index in [1.807, 2.05) is 21.8 Å². The SMILES string of the molecule is CCCCCCCCn1cc(/C=C/C(=O)c2ccc(NC(=O)CN3CCN(c4ccccc4F)CC3)cc2)nn1. The van der Waals surface area contributed by atoms with Crippen molar-refractivity contribution >= 4 is 29.1 Å². The van der Waals surface area contributed by atoms with Crippen molar-refractivity contribution in [2.75, 3.05) is 42.9 Å². The van der Waals surface area contributed by atoms with Crippen molar-refractivity contribution in [1.29, 1.82) is 0 Å². The van der Waals surface area contributed by atoms with Gasteiger partial charge in [0.1, 0.15) is 11.5 Å². The summed E-state index contributed by atoms with van der Waals surface area (Å²) >= 11 is 0. The maximum absolute atomic E-state index is 14.0. The number of rotatable bonds is 14. The molecule has 1 fully saturated rings. The van der Waals surface area contributed by atoms with E-state index < -0.39 is 0 Å². The van der Waals surface area contributed by atoms with Gasteiger partial charge in [0.25, 0.3) is 0 Å². The van der Waals surface area contributed by atoms with Gasteiger partial charge in [-0.05, 0) is 55.0 Å². The Labute approximate surface area is 235 Å². The second-order valence-corrected chi connectivity index (χ2v) is 10.2. The van der Waals surface area contributed by atoms with Gasteiger partial charge < -0.3 is 10.2 Å². The molecule has 40 heavy (non-hydrogen) atoms. The predicted octanol–water partition coefficient (Wildman–Crippen LogP) is 5.43. The lowest BCUT2D eigenvalue weighted by molar-refractivity contribution is -0.117. The smallest absolute Gasteiger partial charge is 0.238 e. The van der Waals surface area contributed by atoms with Gasteiger partial charge in [-0.2, -0.15) is 0 Å². The van der Waals surface area contributed by atoms with Crippen LogP contribution < -0.4 is 10.2 Å². The van der Waals surface area contributed by atoms with Crippen LogP contribution in [-0.2, 0) is 11.3 Å². The first kappa shape index (κ1) is 29.1. The summed E-state index contributed by atoms with van der Waals surface area (Å²) in [6.45, 7) is 5.98. The molecule has 0 atom stereocenters. The number of aromatic nitrogens is 3. The van der Waals surface area contributed by atoms with Crippen molar-refractivity contribution in [2.45, 2.75) is 52.0 Å². The van der Waals surface area contributed by atoms with Crippen LogP contribution >= 0.6 is 0 Å². The molecular weight excluding hydrogens is 507 g/mol. The van der Waals surface area contributed by atoms with E-state index in [2.05, 4.69) is 27.5 Å². The maximum atomic E-state index is 14.0. The molecule has 1 aliphatic rings. The second kappa shape index (κ2) is 15.1. The summed E-state index contributed by atoms with van der Waals surface area (Å²) in [4.78, 5) is 29.2. The molecule has 2 aromatic carbocycles. The first-order valence-electron chi connectivity index (χ1n) is 14.3. The molecule has 0 bridgehead atoms. The summed E-state index contributed by atoms with van der Waals surface area (Å²) in [7, 11) is 0. The highest BCUT2D eigenvalue weighted by atomic mass is 19.1. The number of benzene rings is 2. The van der Waals surface area contributed by atoms with Crippen LogP contribution in [-0.4, -0.2) is 64.3 Å². The highest BCUT2D eigenvalue weighted by Crippen LogP contribution is 2.20. The van der Waals surface area contributed by atoms with E-state index in [1.54, 1.807) is 42.5 Å². The number of anilines is 2. The molecule has 4 rings (SSSR count). The average Bonchev–Trinajstić information content (AvgIpc) is 3.42. The first-order chi connectivity index (χ1) is 19.5. The third-order valence-electron chi connectivity index (χ3n) is 7.09. The Kier molecular flexibility index (Phi) is 11.0. The fraction of sp³-hybridized carbons (Fsp3) is 0.419. The number of carbonyl (C=O) groups is 2. The standard InChI is InChI=1S/C31H39FN6O2/c1-2-3-4-5-6-9-18-38-23-27(34-35-38)16-17-30(39)25-12-14-26(15-13-25)33-31(40)24-36-19-21-37(22-20-36)29-11-8-7-10-28(29)32/h7-8,10-17,23H,2-6,9,18-22,24H2,1H3,(H,33,40)/b17-16+. The fourth-order valence-electron chi connectivity index (χ4n) is 4.79. The van der Waals surface area contributed by atoms with Gasteiger partial charge in [-0.3, -0.25) is 19.2 Å². The number of para-hydroxylation sites is 1. The molecule has 0 saturated carbocycles. The van der Waals surface area contributed by atoms with E-state index in [0.29, 0.717) is 48.8 Å². The molecular formula is C31H39FN6O2. The molecule has 0 aliphatic carbocycles. The Bertz CT molecular complexity index is 1260. The number of piperazine rings is 1. The monoisotopic (exact) mass is 546 g/mol. The lowest BCUT2D eigenvalue weighted by Crippen LogP contribution is -2.48. The molecule has 0 spiro atoms. The number of carbonyl (C=O) groups excluding carboxylic acids is 2. The van der Waals surface area contributed by atoms with Crippen LogP contribution in [0.1, 0.15) is 61.5 Å². The third-order valence-corrected chi connectivity index (χ3v) is 7.09. The van der Waals surface area contributed by atoms with Crippen molar-refractivity contribution < 1.29 is 14.0 Å². The Balaban J connectivity index is 1.18. The summed E-state index contributed by atoms with van der Waals surface area (Å²) in [6.07, 6.45) is 12.4. The number of amides is 1. The zero-order chi connectivity index (χ0) is 28.2. The van der Waals surface area contributed by atoms with E-state index in [4.69, 9.17) is 0 Å². The second-order valence-electron chi connectivity index (χ2n) is 10.2. The summed E-state index contributed by atoms with van der Waals surface area (Å²) in [5, 5.41) is 11.2. The van der Waals surface area contributed by atoms with Gasteiger partial charge in [-0.1, -0.05) is 56.4 Å².